The monoisotopic (exact) mass is 409 g/mol. The summed E-state index contributed by atoms with van der Waals surface area (Å²) in [5.74, 6) is 0. The van der Waals surface area contributed by atoms with Gasteiger partial charge in [-0.15, -0.1) is 11.3 Å². The predicted molar refractivity (Wildman–Crippen MR) is 80.2 cm³/mol. The van der Waals surface area contributed by atoms with E-state index in [0.717, 1.165) is 18.0 Å². The maximum Gasteiger partial charge on any atom is 0.404 e. The van der Waals surface area contributed by atoms with Crippen LogP contribution in [-0.2, 0) is 17.8 Å². The van der Waals surface area contributed by atoms with E-state index in [1.807, 2.05) is 6.07 Å². The van der Waals surface area contributed by atoms with E-state index >= 15 is 0 Å². The topological polar surface area (TPSA) is 105 Å². The van der Waals surface area contributed by atoms with Crippen molar-refractivity contribution in [3.8, 4) is 0 Å². The minimum Gasteiger partial charge on any atom is -0.445 e. The van der Waals surface area contributed by atoms with Crippen LogP contribution >= 0.6 is 27.3 Å². The molecule has 2 rings (SSSR count). The van der Waals surface area contributed by atoms with Gasteiger partial charge in [-0.3, -0.25) is 0 Å². The third-order valence-corrected chi connectivity index (χ3v) is 4.24. The fourth-order valence-electron chi connectivity index (χ4n) is 1.59. The number of halogens is 3. The van der Waals surface area contributed by atoms with Crippen molar-refractivity contribution in [1.29, 1.82) is 0 Å². The van der Waals surface area contributed by atoms with Gasteiger partial charge in [-0.1, -0.05) is 0 Å². The van der Waals surface area contributed by atoms with Crippen LogP contribution in [0.25, 0.3) is 0 Å². The summed E-state index contributed by atoms with van der Waals surface area (Å²) >= 11 is 4.71. The van der Waals surface area contributed by atoms with Crippen molar-refractivity contribution in [3.05, 3.63) is 42.9 Å². The molecule has 0 aliphatic rings. The Morgan fingerprint density at radius 3 is 2.61 bits per heavy atom. The molecule has 2 aromatic heterocycles. The number of primary amides is 1. The average Bonchev–Trinajstić information content (AvgIpc) is 3.03. The van der Waals surface area contributed by atoms with Crippen molar-refractivity contribution < 1.29 is 18.3 Å². The average molecular weight is 410 g/mol. The number of hydrogen-bond donors (Lipinski definition) is 1. The highest BCUT2D eigenvalue weighted by Gasteiger charge is 2.15. The molecular weight excluding hydrogens is 400 g/mol. The number of rotatable bonds is 6. The molecule has 8 nitrogen and oxygen atoms in total. The molecule has 0 fully saturated rings. The molecule has 2 N–H and O–H groups in total. The first kappa shape index (κ1) is 17.3. The fourth-order valence-corrected chi connectivity index (χ4v) is 3.05. The third kappa shape index (κ3) is 4.69. The van der Waals surface area contributed by atoms with Crippen LogP contribution in [0.1, 0.15) is 4.88 Å². The molecule has 2 heterocycles. The summed E-state index contributed by atoms with van der Waals surface area (Å²) in [4.78, 5) is 23.4. The smallest absolute Gasteiger partial charge is 0.404 e. The molecule has 124 valence electrons. The van der Waals surface area contributed by atoms with Crippen LogP contribution in [0.5, 0.6) is 0 Å². The van der Waals surface area contributed by atoms with Crippen LogP contribution in [0, 0.1) is 0 Å². The lowest BCUT2D eigenvalue weighted by atomic mass is 10.3. The minimum atomic E-state index is -2.07. The van der Waals surface area contributed by atoms with Crippen molar-refractivity contribution >= 4 is 33.4 Å². The van der Waals surface area contributed by atoms with Crippen molar-refractivity contribution in [1.82, 2.24) is 19.8 Å². The Hall–Kier alpha value is -2.08. The lowest BCUT2D eigenvalue weighted by Gasteiger charge is -2.05. The van der Waals surface area contributed by atoms with Gasteiger partial charge in [0.2, 0.25) is 0 Å². The maximum absolute atomic E-state index is 12.8. The maximum atomic E-state index is 12.8. The van der Waals surface area contributed by atoms with Gasteiger partial charge in [-0.25, -0.2) is 9.59 Å². The summed E-state index contributed by atoms with van der Waals surface area (Å²) in [7, 11) is 0. The van der Waals surface area contributed by atoms with E-state index in [1.165, 1.54) is 11.3 Å². The summed E-state index contributed by atoms with van der Waals surface area (Å²) in [6.45, 7) is -1.11. The zero-order valence-corrected chi connectivity index (χ0v) is 13.8. The Kier molecular flexibility index (Phi) is 5.60. The second-order valence-electron chi connectivity index (χ2n) is 4.25. The Morgan fingerprint density at radius 1 is 1.35 bits per heavy atom. The summed E-state index contributed by atoms with van der Waals surface area (Å²) in [5, 5.41) is 7.18. The molecule has 0 atom stereocenters. The first-order valence-corrected chi connectivity index (χ1v) is 7.68. The van der Waals surface area contributed by atoms with Crippen LogP contribution in [0.4, 0.5) is 13.6 Å². The zero-order valence-electron chi connectivity index (χ0n) is 11.4. The Labute approximate surface area is 140 Å². The molecule has 0 spiro atoms. The number of carbonyl (C=O) groups is 1. The minimum absolute atomic E-state index is 0.171. The van der Waals surface area contributed by atoms with Crippen molar-refractivity contribution in [3.63, 3.8) is 0 Å². The molecule has 0 aromatic carbocycles. The Bertz CT molecular complexity index is 796. The normalized spacial score (nSPS) is 10.6. The molecule has 0 aliphatic carbocycles. The Balaban J connectivity index is 2.13. The van der Waals surface area contributed by atoms with Gasteiger partial charge in [-0.05, 0) is 38.5 Å². The van der Waals surface area contributed by atoms with E-state index in [-0.39, 0.29) is 6.54 Å². The highest BCUT2D eigenvalue weighted by atomic mass is 79.9. The lowest BCUT2D eigenvalue weighted by Crippen LogP contribution is -2.27. The van der Waals surface area contributed by atoms with E-state index in [4.69, 9.17) is 5.73 Å². The summed E-state index contributed by atoms with van der Waals surface area (Å²) < 4.78 is 32.6. The molecule has 2 aromatic rings. The number of tetrazole rings is 1. The number of ether oxygens (including phenoxy) is 1. The number of thiophene rings is 1. The highest BCUT2D eigenvalue weighted by molar-refractivity contribution is 9.11. The van der Waals surface area contributed by atoms with E-state index in [0.29, 0.717) is 0 Å². The number of carbonyl (C=O) groups excluding carboxylic acids is 1. The van der Waals surface area contributed by atoms with Gasteiger partial charge in [0.15, 0.2) is 0 Å². The largest absolute Gasteiger partial charge is 0.445 e. The molecule has 0 radical (unpaired) electrons. The van der Waals surface area contributed by atoms with Gasteiger partial charge >= 0.3 is 11.8 Å². The first-order valence-electron chi connectivity index (χ1n) is 6.07. The van der Waals surface area contributed by atoms with E-state index < -0.39 is 36.6 Å². The third-order valence-electron chi connectivity index (χ3n) is 2.63. The lowest BCUT2D eigenvalue weighted by molar-refractivity contribution is 0.163. The number of hydrogen-bond acceptors (Lipinski definition) is 6. The number of amides is 1. The number of nitrogens with two attached hydrogens (primary N) is 1. The van der Waals surface area contributed by atoms with E-state index in [1.54, 1.807) is 6.07 Å². The number of aromatic nitrogens is 4. The Morgan fingerprint density at radius 2 is 2.04 bits per heavy atom. The summed E-state index contributed by atoms with van der Waals surface area (Å²) in [6, 6.07) is 3.61. The van der Waals surface area contributed by atoms with Crippen LogP contribution in [0.15, 0.2) is 32.4 Å². The van der Waals surface area contributed by atoms with E-state index in [2.05, 4.69) is 31.1 Å². The molecule has 0 aliphatic heterocycles. The fraction of sp³-hybridized carbons (Fsp3) is 0.273. The molecule has 12 heteroatoms. The van der Waals surface area contributed by atoms with Crippen LogP contribution in [0.2, 0.25) is 0 Å². The predicted octanol–water partition coefficient (Wildman–Crippen LogP) is 1.56. The summed E-state index contributed by atoms with van der Waals surface area (Å²) in [6.07, 6.45) is -3.27. The highest BCUT2D eigenvalue weighted by Crippen LogP contribution is 2.22. The molecule has 0 saturated carbocycles. The van der Waals surface area contributed by atoms with Crippen LogP contribution in [0.3, 0.4) is 0 Å². The standard InChI is InChI=1S/C11H10BrF2N5O3S/c12-8-2-1-7(23-8)4-19-11(21)18(16-17-19)3-6(9(13)14)5-22-10(15)20/h1-2H,3-5H2,(H2,15,20). The second kappa shape index (κ2) is 7.46. The zero-order chi connectivity index (χ0) is 17.0. The molecule has 1 amide bonds. The van der Waals surface area contributed by atoms with Gasteiger partial charge in [0.05, 0.1) is 22.4 Å². The van der Waals surface area contributed by atoms with E-state index in [9.17, 15) is 18.4 Å². The first-order chi connectivity index (χ1) is 10.9. The van der Waals surface area contributed by atoms with Crippen molar-refractivity contribution in [2.45, 2.75) is 13.1 Å². The van der Waals surface area contributed by atoms with Crippen molar-refractivity contribution in [2.24, 2.45) is 5.73 Å². The number of nitrogens with zero attached hydrogens (tertiary/aromatic N) is 4. The van der Waals surface area contributed by atoms with Gasteiger partial charge in [0.25, 0.3) is 6.08 Å². The molecule has 0 bridgehead atoms. The van der Waals surface area contributed by atoms with Gasteiger partial charge < -0.3 is 10.5 Å². The van der Waals surface area contributed by atoms with Gasteiger partial charge in [0, 0.05) is 4.88 Å². The quantitative estimate of drug-likeness (QED) is 0.778. The van der Waals surface area contributed by atoms with Gasteiger partial charge in [-0.2, -0.15) is 18.1 Å². The van der Waals surface area contributed by atoms with Crippen LogP contribution in [-0.4, -0.2) is 32.5 Å². The van der Waals surface area contributed by atoms with Gasteiger partial charge in [0.1, 0.15) is 6.61 Å². The molecular formula is C11H10BrF2N5O3S. The molecule has 0 saturated heterocycles. The van der Waals surface area contributed by atoms with Crippen LogP contribution < -0.4 is 11.4 Å². The van der Waals surface area contributed by atoms with Crippen molar-refractivity contribution in [2.75, 3.05) is 6.61 Å². The summed E-state index contributed by atoms with van der Waals surface area (Å²) in [5.41, 5.74) is 3.48. The molecule has 0 unspecified atom stereocenters. The SMILES string of the molecule is NC(=O)OCC(Cn1nnn(Cc2ccc(Br)s2)c1=O)=C(F)F. The second-order valence-corrected chi connectivity index (χ2v) is 6.80. The molecule has 23 heavy (non-hydrogen) atoms.